The van der Waals surface area contributed by atoms with Gasteiger partial charge in [-0.15, -0.1) is 0 Å². The molecule has 0 aliphatic rings. The van der Waals surface area contributed by atoms with Gasteiger partial charge in [0.25, 0.3) is 0 Å². The van der Waals surface area contributed by atoms with Gasteiger partial charge in [-0.1, -0.05) is 196 Å². The number of para-hydroxylation sites is 1. The third kappa shape index (κ3) is 9.32. The fraction of sp³-hybridized carbons (Fsp3) is 0.185. The Kier molecular flexibility index (Phi) is 11.9. The van der Waals surface area contributed by atoms with E-state index < -0.39 is 0 Å². The van der Waals surface area contributed by atoms with Crippen LogP contribution in [0.5, 0.6) is 0 Å². The number of pyridine rings is 2. The molecule has 0 atom stereocenters. The number of nitrogens with one attached hydrogen (secondary N) is 1. The first-order valence-electron chi connectivity index (χ1n) is 24.4. The van der Waals surface area contributed by atoms with Gasteiger partial charge in [-0.3, -0.25) is 10.00 Å². The van der Waals surface area contributed by atoms with E-state index in [0.29, 0.717) is 0 Å². The molecule has 0 spiro atoms. The van der Waals surface area contributed by atoms with Crippen molar-refractivity contribution in [3.63, 3.8) is 0 Å². The highest BCUT2D eigenvalue weighted by Crippen LogP contribution is 2.45. The molecule has 0 aliphatic heterocycles. The van der Waals surface area contributed by atoms with Crippen LogP contribution in [0.15, 0.2) is 200 Å². The molecule has 0 unspecified atom stereocenters. The molecule has 0 aliphatic carbocycles. The van der Waals surface area contributed by atoms with Crippen molar-refractivity contribution < 1.29 is 0 Å². The molecule has 0 saturated heterocycles. The van der Waals surface area contributed by atoms with Crippen molar-refractivity contribution in [1.29, 1.82) is 0 Å². The molecule has 0 bridgehead atoms. The number of aromatic nitrogens is 4. The average Bonchev–Trinajstić information content (AvgIpc) is 3.81. The van der Waals surface area contributed by atoms with Crippen LogP contribution in [0.25, 0.3) is 78.1 Å². The van der Waals surface area contributed by atoms with Crippen molar-refractivity contribution in [1.82, 2.24) is 20.2 Å². The fourth-order valence-electron chi connectivity index (χ4n) is 9.31. The van der Waals surface area contributed by atoms with Crippen LogP contribution < -0.4 is 4.90 Å². The number of anilines is 3. The van der Waals surface area contributed by atoms with E-state index in [-0.39, 0.29) is 16.2 Å². The standard InChI is InChI=1S/C65H61N5/c1-63(2,3)50-34-47(35-51(40-50)64(4,5)6)48-38-57(67-58(39-48)55-41-52(65(7,8)9)42-56-61(68-69-62(55)56)45-27-17-12-18-28-45)49-33-46(43-23-13-10-14-24-43)36-53(37-49)70(60-31-21-22-32-66-60)59-30-20-19-29-54(59)44-25-15-11-16-26-44/h10-42H,1-9H3,(H,68,69). The predicted octanol–water partition coefficient (Wildman–Crippen LogP) is 17.7. The van der Waals surface area contributed by atoms with Gasteiger partial charge in [-0.25, -0.2) is 9.97 Å². The van der Waals surface area contributed by atoms with Crippen molar-refractivity contribution in [2.45, 2.75) is 78.6 Å². The summed E-state index contributed by atoms with van der Waals surface area (Å²) in [6, 6.07) is 69.7. The maximum absolute atomic E-state index is 5.76. The Morgan fingerprint density at radius 2 is 0.929 bits per heavy atom. The van der Waals surface area contributed by atoms with Gasteiger partial charge in [0.15, 0.2) is 0 Å². The molecular formula is C65H61N5. The molecule has 0 amide bonds. The Hall–Kier alpha value is -7.89. The van der Waals surface area contributed by atoms with E-state index >= 15 is 0 Å². The molecule has 346 valence electrons. The second-order valence-corrected chi connectivity index (χ2v) is 21.6. The number of benzene rings is 7. The van der Waals surface area contributed by atoms with Crippen molar-refractivity contribution in [3.05, 3.63) is 217 Å². The van der Waals surface area contributed by atoms with Crippen molar-refractivity contribution in [3.8, 4) is 67.2 Å². The summed E-state index contributed by atoms with van der Waals surface area (Å²) < 4.78 is 0. The summed E-state index contributed by atoms with van der Waals surface area (Å²) in [5, 5.41) is 9.60. The van der Waals surface area contributed by atoms with E-state index in [1.54, 1.807) is 0 Å². The number of hydrogen-bond acceptors (Lipinski definition) is 4. The maximum Gasteiger partial charge on any atom is 0.137 e. The van der Waals surface area contributed by atoms with Crippen LogP contribution in [0.1, 0.15) is 79.0 Å². The predicted molar refractivity (Wildman–Crippen MR) is 295 cm³/mol. The summed E-state index contributed by atoms with van der Waals surface area (Å²) in [7, 11) is 0. The summed E-state index contributed by atoms with van der Waals surface area (Å²) in [6.07, 6.45) is 1.87. The van der Waals surface area contributed by atoms with Crippen LogP contribution in [0.4, 0.5) is 17.2 Å². The molecule has 3 heterocycles. The number of aromatic amines is 1. The molecule has 10 aromatic rings. The summed E-state index contributed by atoms with van der Waals surface area (Å²) in [4.78, 5) is 13.1. The Balaban J connectivity index is 1.29. The van der Waals surface area contributed by atoms with Gasteiger partial charge in [0.05, 0.1) is 28.3 Å². The molecule has 5 nitrogen and oxygen atoms in total. The second kappa shape index (κ2) is 18.2. The smallest absolute Gasteiger partial charge is 0.137 e. The number of fused-ring (bicyclic) bond motifs is 1. The highest BCUT2D eigenvalue weighted by atomic mass is 15.2. The van der Waals surface area contributed by atoms with E-state index in [2.05, 4.69) is 260 Å². The lowest BCUT2D eigenvalue weighted by Gasteiger charge is -2.28. The Morgan fingerprint density at radius 3 is 1.56 bits per heavy atom. The first kappa shape index (κ1) is 45.9. The monoisotopic (exact) mass is 911 g/mol. The van der Waals surface area contributed by atoms with Gasteiger partial charge in [0.2, 0.25) is 0 Å². The molecule has 7 aromatic carbocycles. The van der Waals surface area contributed by atoms with Gasteiger partial charge < -0.3 is 0 Å². The quantitative estimate of drug-likeness (QED) is 0.157. The minimum Gasteiger partial charge on any atom is -0.294 e. The first-order chi connectivity index (χ1) is 33.6. The lowest BCUT2D eigenvalue weighted by molar-refractivity contribution is 0.569. The van der Waals surface area contributed by atoms with E-state index in [0.717, 1.165) is 95.2 Å². The van der Waals surface area contributed by atoms with Crippen LogP contribution >= 0.6 is 0 Å². The molecule has 0 fully saturated rings. The van der Waals surface area contributed by atoms with Crippen LogP contribution in [0.2, 0.25) is 0 Å². The van der Waals surface area contributed by atoms with E-state index in [1.807, 2.05) is 12.3 Å². The summed E-state index contributed by atoms with van der Waals surface area (Å²) >= 11 is 0. The largest absolute Gasteiger partial charge is 0.294 e. The van der Waals surface area contributed by atoms with Crippen molar-refractivity contribution in [2.24, 2.45) is 0 Å². The molecule has 10 rings (SSSR count). The van der Waals surface area contributed by atoms with Gasteiger partial charge >= 0.3 is 0 Å². The first-order valence-corrected chi connectivity index (χ1v) is 24.4. The molecule has 70 heavy (non-hydrogen) atoms. The van der Waals surface area contributed by atoms with Crippen LogP contribution in [-0.4, -0.2) is 20.2 Å². The zero-order valence-corrected chi connectivity index (χ0v) is 41.8. The second-order valence-electron chi connectivity index (χ2n) is 21.6. The van der Waals surface area contributed by atoms with Gasteiger partial charge in [-0.2, -0.15) is 5.10 Å². The van der Waals surface area contributed by atoms with Gasteiger partial charge in [0, 0.05) is 39.5 Å². The van der Waals surface area contributed by atoms with Crippen molar-refractivity contribution >= 4 is 28.1 Å². The average molecular weight is 912 g/mol. The minimum atomic E-state index is -0.152. The normalized spacial score (nSPS) is 12.1. The highest BCUT2D eigenvalue weighted by molar-refractivity contribution is 6.02. The van der Waals surface area contributed by atoms with E-state index in [1.165, 1.54) is 16.7 Å². The van der Waals surface area contributed by atoms with Crippen LogP contribution in [0.3, 0.4) is 0 Å². The third-order valence-corrected chi connectivity index (χ3v) is 13.4. The topological polar surface area (TPSA) is 57.7 Å². The van der Waals surface area contributed by atoms with E-state index in [4.69, 9.17) is 15.1 Å². The zero-order valence-electron chi connectivity index (χ0n) is 41.8. The maximum atomic E-state index is 5.76. The summed E-state index contributed by atoms with van der Waals surface area (Å²) in [5.41, 5.74) is 18.8. The number of hydrogen-bond donors (Lipinski definition) is 1. The summed E-state index contributed by atoms with van der Waals surface area (Å²) in [6.45, 7) is 20.7. The molecule has 1 N–H and O–H groups in total. The van der Waals surface area contributed by atoms with Gasteiger partial charge in [-0.05, 0) is 121 Å². The Bertz CT molecular complexity index is 3430. The van der Waals surface area contributed by atoms with Gasteiger partial charge in [0.1, 0.15) is 5.82 Å². The van der Waals surface area contributed by atoms with E-state index in [9.17, 15) is 0 Å². The highest BCUT2D eigenvalue weighted by Gasteiger charge is 2.26. The molecular weight excluding hydrogens is 851 g/mol. The van der Waals surface area contributed by atoms with Crippen LogP contribution in [0, 0.1) is 0 Å². The number of H-pyrrole nitrogens is 1. The lowest BCUT2D eigenvalue weighted by atomic mass is 9.79. The zero-order chi connectivity index (χ0) is 48.8. The molecule has 3 aromatic heterocycles. The Morgan fingerprint density at radius 1 is 0.400 bits per heavy atom. The molecule has 5 heteroatoms. The fourth-order valence-corrected chi connectivity index (χ4v) is 9.31. The molecule has 0 radical (unpaired) electrons. The summed E-state index contributed by atoms with van der Waals surface area (Å²) in [5.74, 6) is 0.813. The van der Waals surface area contributed by atoms with Crippen LogP contribution in [-0.2, 0) is 16.2 Å². The number of rotatable bonds is 9. The lowest BCUT2D eigenvalue weighted by Crippen LogP contribution is -2.16. The third-order valence-electron chi connectivity index (χ3n) is 13.4. The molecule has 0 saturated carbocycles. The SMILES string of the molecule is CC(C)(C)c1cc(-c2cc(-c3cc(-c4ccccc4)cc(N(c4ccccn4)c4ccccc4-c4ccccc4)c3)nc(-c3cc(C(C)(C)C)cc4c(-c5ccccc5)n[nH]c34)c2)cc(C(C)(C)C)c1. The minimum absolute atomic E-state index is 0.0739. The van der Waals surface area contributed by atoms with Crippen molar-refractivity contribution in [2.75, 3.05) is 4.90 Å². The number of nitrogens with zero attached hydrogens (tertiary/aromatic N) is 4. The Labute approximate surface area is 414 Å².